The first-order valence-corrected chi connectivity index (χ1v) is 7.52. The van der Waals surface area contributed by atoms with Gasteiger partial charge in [-0.1, -0.05) is 26.2 Å². The average Bonchev–Trinajstić information content (AvgIpc) is 2.37. The summed E-state index contributed by atoms with van der Waals surface area (Å²) in [5, 5.41) is 0. The van der Waals surface area contributed by atoms with Crippen molar-refractivity contribution >= 4 is 11.9 Å². The lowest BCUT2D eigenvalue weighted by molar-refractivity contribution is -0.495. The Hall–Kier alpha value is -0.540. The van der Waals surface area contributed by atoms with Gasteiger partial charge < -0.3 is 4.74 Å². The Balaban J connectivity index is 2.27. The highest BCUT2D eigenvalue weighted by molar-refractivity contribution is 7.92. The predicted octanol–water partition coefficient (Wildman–Crippen LogP) is 3.59. The second-order valence-corrected chi connectivity index (χ2v) is 5.19. The summed E-state index contributed by atoms with van der Waals surface area (Å²) >= 11 is 1.88. The van der Waals surface area contributed by atoms with E-state index in [4.69, 9.17) is 4.74 Å². The molecular weight excluding hydrogens is 230 g/mol. The zero-order valence-electron chi connectivity index (χ0n) is 11.0. The third kappa shape index (κ3) is 6.69. The van der Waals surface area contributed by atoms with Gasteiger partial charge in [-0.25, -0.2) is 0 Å². The molecule has 0 aliphatic heterocycles. The number of nitrogens with zero attached hydrogens (tertiary/aromatic N) is 1. The average molecular weight is 254 g/mol. The molecule has 0 spiro atoms. The Kier molecular flexibility index (Phi) is 8.10. The Morgan fingerprint density at radius 1 is 1.24 bits per heavy atom. The molecule has 0 aromatic carbocycles. The molecule has 0 radical (unpaired) electrons. The molecule has 3 heteroatoms. The Labute approximate surface area is 110 Å². The largest absolute Gasteiger partial charge is 0.377 e. The smallest absolute Gasteiger partial charge is 0.188 e. The number of aromatic nitrogens is 1. The van der Waals surface area contributed by atoms with Crippen molar-refractivity contribution in [2.45, 2.75) is 46.1 Å². The number of ether oxygens (including phenoxy) is 1. The maximum Gasteiger partial charge on any atom is 0.188 e. The molecule has 1 aromatic heterocycles. The van der Waals surface area contributed by atoms with Crippen molar-refractivity contribution in [3.05, 3.63) is 30.1 Å². The molecule has 0 aliphatic rings. The van der Waals surface area contributed by atoms with Gasteiger partial charge in [-0.15, -0.1) is 3.97 Å². The molecule has 0 atom stereocenters. The van der Waals surface area contributed by atoms with Crippen LogP contribution in [0.15, 0.2) is 24.5 Å². The van der Waals surface area contributed by atoms with Crippen LogP contribution in [0.4, 0.5) is 0 Å². The fourth-order valence-corrected chi connectivity index (χ4v) is 2.50. The van der Waals surface area contributed by atoms with Crippen molar-refractivity contribution in [2.24, 2.45) is 0 Å². The SMILES string of the molecule is CCCCCCS[n+]1cccc(COCC)c1. The monoisotopic (exact) mass is 254 g/mol. The highest BCUT2D eigenvalue weighted by Gasteiger charge is 2.04. The van der Waals surface area contributed by atoms with Crippen LogP contribution < -0.4 is 3.97 Å². The molecule has 0 fully saturated rings. The van der Waals surface area contributed by atoms with Gasteiger partial charge in [-0.3, -0.25) is 0 Å². The molecule has 0 saturated carbocycles. The molecule has 1 heterocycles. The first-order valence-electron chi connectivity index (χ1n) is 6.58. The van der Waals surface area contributed by atoms with Gasteiger partial charge in [-0.05, 0) is 19.4 Å². The van der Waals surface area contributed by atoms with Gasteiger partial charge in [0.1, 0.15) is 0 Å². The molecule has 0 bridgehead atoms. The van der Waals surface area contributed by atoms with E-state index in [1.165, 1.54) is 37.0 Å². The van der Waals surface area contributed by atoms with E-state index in [2.05, 4.69) is 35.4 Å². The van der Waals surface area contributed by atoms with Crippen LogP contribution in [-0.4, -0.2) is 12.4 Å². The molecule has 1 aromatic rings. The van der Waals surface area contributed by atoms with Gasteiger partial charge in [-0.2, -0.15) is 0 Å². The molecule has 0 N–H and O–H groups in total. The molecule has 1 rings (SSSR count). The van der Waals surface area contributed by atoms with Crippen molar-refractivity contribution in [1.29, 1.82) is 0 Å². The molecule has 2 nitrogen and oxygen atoms in total. The summed E-state index contributed by atoms with van der Waals surface area (Å²) in [6.45, 7) is 5.77. The van der Waals surface area contributed by atoms with Crippen molar-refractivity contribution in [1.82, 2.24) is 0 Å². The van der Waals surface area contributed by atoms with Crippen molar-refractivity contribution < 1.29 is 8.71 Å². The first-order chi connectivity index (χ1) is 8.36. The van der Waals surface area contributed by atoms with Crippen LogP contribution in [0.2, 0.25) is 0 Å². The third-order valence-electron chi connectivity index (χ3n) is 2.55. The van der Waals surface area contributed by atoms with E-state index in [1.54, 1.807) is 0 Å². The van der Waals surface area contributed by atoms with E-state index in [-0.39, 0.29) is 0 Å². The highest BCUT2D eigenvalue weighted by Crippen LogP contribution is 2.05. The maximum absolute atomic E-state index is 5.41. The number of hydrogen-bond acceptors (Lipinski definition) is 2. The summed E-state index contributed by atoms with van der Waals surface area (Å²) in [5.41, 5.74) is 1.25. The normalized spacial score (nSPS) is 10.7. The number of unbranched alkanes of at least 4 members (excludes halogenated alkanes) is 3. The number of pyridine rings is 1. The van der Waals surface area contributed by atoms with Crippen LogP contribution in [0.1, 0.15) is 45.1 Å². The van der Waals surface area contributed by atoms with Crippen LogP contribution in [0.3, 0.4) is 0 Å². The minimum absolute atomic E-state index is 0.716. The Morgan fingerprint density at radius 2 is 2.12 bits per heavy atom. The van der Waals surface area contributed by atoms with Crippen molar-refractivity contribution in [3.8, 4) is 0 Å². The summed E-state index contributed by atoms with van der Waals surface area (Å²) in [5.74, 6) is 1.20. The number of rotatable bonds is 9. The summed E-state index contributed by atoms with van der Waals surface area (Å²) < 4.78 is 7.60. The van der Waals surface area contributed by atoms with Crippen molar-refractivity contribution in [2.75, 3.05) is 12.4 Å². The van der Waals surface area contributed by atoms with Crippen LogP contribution in [-0.2, 0) is 11.3 Å². The highest BCUT2D eigenvalue weighted by atomic mass is 32.2. The fraction of sp³-hybridized carbons (Fsp3) is 0.643. The molecule has 96 valence electrons. The molecule has 17 heavy (non-hydrogen) atoms. The van der Waals surface area contributed by atoms with Crippen LogP contribution in [0.25, 0.3) is 0 Å². The van der Waals surface area contributed by atoms with Gasteiger partial charge in [0.2, 0.25) is 0 Å². The molecule has 0 saturated heterocycles. The lowest BCUT2D eigenvalue weighted by Crippen LogP contribution is -2.25. The fourth-order valence-electron chi connectivity index (χ4n) is 1.59. The second kappa shape index (κ2) is 9.49. The minimum atomic E-state index is 0.716. The van der Waals surface area contributed by atoms with E-state index in [0.29, 0.717) is 6.61 Å². The summed E-state index contributed by atoms with van der Waals surface area (Å²) in [6, 6.07) is 4.21. The van der Waals surface area contributed by atoms with Gasteiger partial charge in [0.15, 0.2) is 24.3 Å². The van der Waals surface area contributed by atoms with E-state index in [0.717, 1.165) is 6.61 Å². The maximum atomic E-state index is 5.41. The standard InChI is InChI=1S/C14H24NOS/c1-3-5-6-7-11-17-15-10-8-9-14(12-15)13-16-4-2/h8-10,12H,3-7,11,13H2,1-2H3/q+1. The zero-order chi connectivity index (χ0) is 12.3. The van der Waals surface area contributed by atoms with Gasteiger partial charge in [0, 0.05) is 18.2 Å². The van der Waals surface area contributed by atoms with Crippen LogP contribution >= 0.6 is 11.9 Å². The number of hydrogen-bond donors (Lipinski definition) is 0. The molecular formula is C14H24NOS+. The van der Waals surface area contributed by atoms with E-state index < -0.39 is 0 Å². The van der Waals surface area contributed by atoms with Gasteiger partial charge in [0.25, 0.3) is 0 Å². The first kappa shape index (κ1) is 14.5. The Bertz CT molecular complexity index is 304. The molecule has 0 amide bonds. The van der Waals surface area contributed by atoms with Crippen LogP contribution in [0, 0.1) is 0 Å². The summed E-state index contributed by atoms with van der Waals surface area (Å²) in [7, 11) is 0. The zero-order valence-corrected chi connectivity index (χ0v) is 11.8. The van der Waals surface area contributed by atoms with Gasteiger partial charge in [0.05, 0.1) is 12.4 Å². The minimum Gasteiger partial charge on any atom is -0.377 e. The van der Waals surface area contributed by atoms with Crippen molar-refractivity contribution in [3.63, 3.8) is 0 Å². The Morgan fingerprint density at radius 3 is 2.88 bits per heavy atom. The quantitative estimate of drug-likeness (QED) is 0.493. The topological polar surface area (TPSA) is 13.1 Å². The van der Waals surface area contributed by atoms with E-state index in [1.807, 2.05) is 18.9 Å². The predicted molar refractivity (Wildman–Crippen MR) is 74.0 cm³/mol. The lowest BCUT2D eigenvalue weighted by Gasteiger charge is -2.00. The summed E-state index contributed by atoms with van der Waals surface area (Å²) in [6.07, 6.45) is 9.60. The third-order valence-corrected chi connectivity index (χ3v) is 3.54. The molecule has 0 unspecified atom stereocenters. The lowest BCUT2D eigenvalue weighted by atomic mass is 10.2. The molecule has 0 aliphatic carbocycles. The summed E-state index contributed by atoms with van der Waals surface area (Å²) in [4.78, 5) is 0. The second-order valence-electron chi connectivity index (χ2n) is 4.10. The van der Waals surface area contributed by atoms with Crippen LogP contribution in [0.5, 0.6) is 0 Å². The van der Waals surface area contributed by atoms with E-state index >= 15 is 0 Å². The van der Waals surface area contributed by atoms with E-state index in [9.17, 15) is 0 Å². The van der Waals surface area contributed by atoms with Gasteiger partial charge >= 0.3 is 0 Å².